The van der Waals surface area contributed by atoms with Gasteiger partial charge in [0.05, 0.1) is 15.1 Å². The zero-order chi connectivity index (χ0) is 21.3. The Morgan fingerprint density at radius 3 is 2.52 bits per heavy atom. The van der Waals surface area contributed by atoms with E-state index in [2.05, 4.69) is 4.98 Å². The lowest BCUT2D eigenvalue weighted by Crippen LogP contribution is -2.37. The molecule has 3 aromatic rings. The van der Waals surface area contributed by atoms with Crippen LogP contribution in [0.4, 0.5) is 10.8 Å². The Bertz CT molecular complexity index is 1080. The molecule has 0 saturated carbocycles. The monoisotopic (exact) mass is 464 g/mol. The fraction of sp³-hybridized carbons (Fsp3) is 0.300. The van der Waals surface area contributed by atoms with Gasteiger partial charge in [0, 0.05) is 31.3 Å². The van der Waals surface area contributed by atoms with E-state index in [-0.39, 0.29) is 23.7 Å². The highest BCUT2D eigenvalue weighted by Crippen LogP contribution is 2.39. The van der Waals surface area contributed by atoms with Crippen molar-refractivity contribution in [2.45, 2.75) is 0 Å². The van der Waals surface area contributed by atoms with Gasteiger partial charge >= 0.3 is 0 Å². The van der Waals surface area contributed by atoms with Gasteiger partial charge < -0.3 is 14.4 Å². The maximum Gasteiger partial charge on any atom is 0.282 e. The molecule has 0 saturated heterocycles. The molecule has 0 N–H and O–H groups in total. The second-order valence-corrected chi connectivity index (χ2v) is 8.00. The molecule has 0 radical (unpaired) electrons. The smallest absolute Gasteiger partial charge is 0.282 e. The number of hydrogen-bond acceptors (Lipinski definition) is 8. The van der Waals surface area contributed by atoms with Crippen LogP contribution in [0.3, 0.4) is 0 Å². The molecule has 2 heterocycles. The van der Waals surface area contributed by atoms with Gasteiger partial charge in [-0.15, -0.1) is 12.4 Å². The SMILES string of the molecule is CN(C)CCN(C(=O)c1ccccc1[N+](=O)[O-])c1nc2cc3c(cc2s1)OCCO3.Cl. The summed E-state index contributed by atoms with van der Waals surface area (Å²) in [6.07, 6.45) is 0. The number of benzene rings is 2. The largest absolute Gasteiger partial charge is 0.486 e. The molecule has 4 rings (SSSR count). The van der Waals surface area contributed by atoms with Crippen molar-refractivity contribution in [1.82, 2.24) is 9.88 Å². The molecule has 0 fully saturated rings. The molecule has 1 aromatic heterocycles. The standard InChI is InChI=1S/C20H20N4O5S.ClH/c1-22(2)7-8-23(19(25)13-5-3-4-6-15(13)24(26)27)20-21-14-11-16-17(12-18(14)30-20)29-10-9-28-16;/h3-6,11-12H,7-10H2,1-2H3;1H. The number of amides is 1. The van der Waals surface area contributed by atoms with Crippen molar-refractivity contribution in [3.8, 4) is 11.5 Å². The molecule has 164 valence electrons. The first kappa shape index (κ1) is 22.7. The van der Waals surface area contributed by atoms with Crippen LogP contribution in [-0.4, -0.2) is 61.1 Å². The number of nitro benzene ring substituents is 1. The quantitative estimate of drug-likeness (QED) is 0.406. The number of fused-ring (bicyclic) bond motifs is 2. The number of para-hydroxylation sites is 1. The van der Waals surface area contributed by atoms with Crippen molar-refractivity contribution < 1.29 is 19.2 Å². The van der Waals surface area contributed by atoms with Crippen LogP contribution >= 0.6 is 23.7 Å². The van der Waals surface area contributed by atoms with Crippen LogP contribution in [0.1, 0.15) is 10.4 Å². The van der Waals surface area contributed by atoms with Gasteiger partial charge in [-0.2, -0.15) is 0 Å². The van der Waals surface area contributed by atoms with Crippen molar-refractivity contribution in [2.75, 3.05) is 45.3 Å². The summed E-state index contributed by atoms with van der Waals surface area (Å²) in [5.74, 6) is 0.810. The second-order valence-electron chi connectivity index (χ2n) is 6.99. The van der Waals surface area contributed by atoms with Crippen molar-refractivity contribution in [3.63, 3.8) is 0 Å². The van der Waals surface area contributed by atoms with Crippen LogP contribution in [0, 0.1) is 10.1 Å². The topological polar surface area (TPSA) is 98.0 Å². The molecular formula is C20H21ClN4O5S. The number of nitrogens with zero attached hydrogens (tertiary/aromatic N) is 4. The lowest BCUT2D eigenvalue weighted by molar-refractivity contribution is -0.385. The zero-order valence-electron chi connectivity index (χ0n) is 16.9. The van der Waals surface area contributed by atoms with E-state index >= 15 is 0 Å². The molecule has 0 spiro atoms. The van der Waals surface area contributed by atoms with E-state index in [1.54, 1.807) is 18.2 Å². The van der Waals surface area contributed by atoms with E-state index in [0.29, 0.717) is 48.5 Å². The molecule has 2 aromatic carbocycles. The van der Waals surface area contributed by atoms with Gasteiger partial charge in [0.1, 0.15) is 18.8 Å². The molecule has 31 heavy (non-hydrogen) atoms. The molecule has 0 bridgehead atoms. The van der Waals surface area contributed by atoms with E-state index < -0.39 is 10.8 Å². The Labute approximate surface area is 188 Å². The number of likely N-dealkylation sites (N-methyl/N-ethyl adjacent to an activating group) is 1. The Morgan fingerprint density at radius 1 is 1.16 bits per heavy atom. The number of rotatable bonds is 6. The first-order chi connectivity index (χ1) is 14.4. The lowest BCUT2D eigenvalue weighted by Gasteiger charge is -2.21. The van der Waals surface area contributed by atoms with Crippen LogP contribution < -0.4 is 14.4 Å². The molecule has 0 aliphatic carbocycles. The highest BCUT2D eigenvalue weighted by molar-refractivity contribution is 7.22. The minimum Gasteiger partial charge on any atom is -0.486 e. The maximum atomic E-state index is 13.3. The van der Waals surface area contributed by atoms with E-state index in [0.717, 1.165) is 4.70 Å². The van der Waals surface area contributed by atoms with Crippen molar-refractivity contribution >= 4 is 50.7 Å². The van der Waals surface area contributed by atoms with Crippen LogP contribution in [0.25, 0.3) is 10.2 Å². The molecule has 1 aliphatic rings. The normalized spacial score (nSPS) is 12.5. The Morgan fingerprint density at radius 2 is 1.84 bits per heavy atom. The van der Waals surface area contributed by atoms with Gasteiger partial charge in [-0.05, 0) is 20.2 Å². The number of ether oxygens (including phenoxy) is 2. The fourth-order valence-electron chi connectivity index (χ4n) is 3.11. The second kappa shape index (κ2) is 9.46. The fourth-order valence-corrected chi connectivity index (χ4v) is 4.11. The number of nitro groups is 1. The van der Waals surface area contributed by atoms with Gasteiger partial charge in [-0.1, -0.05) is 23.5 Å². The summed E-state index contributed by atoms with van der Waals surface area (Å²) >= 11 is 1.34. The van der Waals surface area contributed by atoms with Crippen molar-refractivity contribution in [3.05, 3.63) is 52.1 Å². The summed E-state index contributed by atoms with van der Waals surface area (Å²) in [4.78, 5) is 32.3. The third kappa shape index (κ3) is 4.71. The number of thiazole rings is 1. The molecule has 11 heteroatoms. The third-order valence-corrected chi connectivity index (χ3v) is 5.66. The van der Waals surface area contributed by atoms with Crippen LogP contribution in [-0.2, 0) is 0 Å². The van der Waals surface area contributed by atoms with Crippen LogP contribution in [0.5, 0.6) is 11.5 Å². The highest BCUT2D eigenvalue weighted by atomic mass is 35.5. The van der Waals surface area contributed by atoms with Gasteiger partial charge in [0.25, 0.3) is 11.6 Å². The summed E-state index contributed by atoms with van der Waals surface area (Å²) in [7, 11) is 3.80. The molecule has 9 nitrogen and oxygen atoms in total. The van der Waals surface area contributed by atoms with E-state index in [1.807, 2.05) is 25.1 Å². The summed E-state index contributed by atoms with van der Waals surface area (Å²) in [5, 5.41) is 11.9. The zero-order valence-corrected chi connectivity index (χ0v) is 18.6. The van der Waals surface area contributed by atoms with Gasteiger partial charge in [0.2, 0.25) is 0 Å². The minimum absolute atomic E-state index is 0. The Hall–Kier alpha value is -2.95. The van der Waals surface area contributed by atoms with Crippen molar-refractivity contribution in [1.29, 1.82) is 0 Å². The summed E-state index contributed by atoms with van der Waals surface area (Å²) < 4.78 is 12.1. The van der Waals surface area contributed by atoms with E-state index in [1.165, 1.54) is 28.4 Å². The molecule has 1 amide bonds. The number of carbonyl (C=O) groups excluding carboxylic acids is 1. The Kier molecular flexibility index (Phi) is 6.94. The number of anilines is 1. The molecular weight excluding hydrogens is 444 g/mol. The van der Waals surface area contributed by atoms with Gasteiger partial charge in [-0.25, -0.2) is 4.98 Å². The van der Waals surface area contributed by atoms with Gasteiger partial charge in [0.15, 0.2) is 16.6 Å². The summed E-state index contributed by atoms with van der Waals surface area (Å²) in [6, 6.07) is 9.61. The number of aromatic nitrogens is 1. The average molecular weight is 465 g/mol. The summed E-state index contributed by atoms with van der Waals surface area (Å²) in [5.41, 5.74) is 0.492. The Balaban J connectivity index is 0.00000272. The third-order valence-electron chi connectivity index (χ3n) is 4.62. The highest BCUT2D eigenvalue weighted by Gasteiger charge is 2.28. The number of hydrogen-bond donors (Lipinski definition) is 0. The first-order valence-corrected chi connectivity index (χ1v) is 10.2. The predicted octanol–water partition coefficient (Wildman–Crippen LogP) is 3.61. The first-order valence-electron chi connectivity index (χ1n) is 9.34. The molecule has 0 atom stereocenters. The summed E-state index contributed by atoms with van der Waals surface area (Å²) in [6.45, 7) is 1.87. The molecule has 1 aliphatic heterocycles. The van der Waals surface area contributed by atoms with Crippen molar-refractivity contribution in [2.24, 2.45) is 0 Å². The minimum atomic E-state index is -0.543. The van der Waals surface area contributed by atoms with E-state index in [9.17, 15) is 14.9 Å². The lowest BCUT2D eigenvalue weighted by atomic mass is 10.1. The maximum absolute atomic E-state index is 13.3. The van der Waals surface area contributed by atoms with Crippen LogP contribution in [0.15, 0.2) is 36.4 Å². The average Bonchev–Trinajstić information content (AvgIpc) is 3.14. The van der Waals surface area contributed by atoms with E-state index in [4.69, 9.17) is 9.47 Å². The predicted molar refractivity (Wildman–Crippen MR) is 121 cm³/mol. The van der Waals surface area contributed by atoms with Crippen LogP contribution in [0.2, 0.25) is 0 Å². The van der Waals surface area contributed by atoms with Gasteiger partial charge in [-0.3, -0.25) is 19.8 Å². The number of carbonyl (C=O) groups is 1. The number of halogens is 1. The molecule has 0 unspecified atom stereocenters.